The van der Waals surface area contributed by atoms with Gasteiger partial charge in [-0.25, -0.2) is 4.79 Å². The third kappa shape index (κ3) is 2.76. The topological polar surface area (TPSA) is 55.6 Å². The van der Waals surface area contributed by atoms with Gasteiger partial charge in [-0.15, -0.1) is 0 Å². The van der Waals surface area contributed by atoms with Gasteiger partial charge in [0.2, 0.25) is 0 Å². The zero-order valence-electron chi connectivity index (χ0n) is 10.4. The number of carbonyl (C=O) groups is 1. The number of hydrogen-bond acceptors (Lipinski definition) is 3. The smallest absolute Gasteiger partial charge is 0.414 e. The Morgan fingerprint density at radius 2 is 2.33 bits per heavy atom. The highest BCUT2D eigenvalue weighted by Crippen LogP contribution is 2.26. The summed E-state index contributed by atoms with van der Waals surface area (Å²) in [4.78, 5) is 13.5. The summed E-state index contributed by atoms with van der Waals surface area (Å²) in [5, 5.41) is 0.657. The molecule has 2 N–H and O–H groups in total. The second-order valence-corrected chi connectivity index (χ2v) is 4.86. The molecular formula is C13H17ClN2O2. The lowest BCUT2D eigenvalue weighted by Gasteiger charge is -2.31. The van der Waals surface area contributed by atoms with Crippen LogP contribution in [0, 0.1) is 6.92 Å². The number of nitrogens with zero attached hydrogens (tertiary/aromatic N) is 1. The summed E-state index contributed by atoms with van der Waals surface area (Å²) in [6.07, 6.45) is 1.14. The number of hydrogen-bond donors (Lipinski definition) is 1. The van der Waals surface area contributed by atoms with Gasteiger partial charge in [0.25, 0.3) is 0 Å². The second-order valence-electron chi connectivity index (χ2n) is 4.46. The van der Waals surface area contributed by atoms with Crippen LogP contribution in [-0.2, 0) is 4.74 Å². The van der Waals surface area contributed by atoms with E-state index >= 15 is 0 Å². The van der Waals surface area contributed by atoms with Crippen LogP contribution >= 0.6 is 11.6 Å². The van der Waals surface area contributed by atoms with E-state index in [0.29, 0.717) is 24.5 Å². The van der Waals surface area contributed by atoms with Crippen molar-refractivity contribution in [2.24, 2.45) is 5.73 Å². The minimum absolute atomic E-state index is 0.0559. The van der Waals surface area contributed by atoms with Gasteiger partial charge in [-0.1, -0.05) is 17.7 Å². The van der Waals surface area contributed by atoms with Crippen molar-refractivity contribution >= 4 is 23.4 Å². The van der Waals surface area contributed by atoms with E-state index in [1.807, 2.05) is 19.1 Å². The van der Waals surface area contributed by atoms with Crippen LogP contribution in [0.25, 0.3) is 0 Å². The van der Waals surface area contributed by atoms with E-state index in [9.17, 15) is 4.79 Å². The number of ether oxygens (including phenoxy) is 1. The zero-order chi connectivity index (χ0) is 13.1. The maximum Gasteiger partial charge on any atom is 0.414 e. The SMILES string of the molecule is Cc1ccc(N2CCC(CCN)OC2=O)cc1Cl. The molecule has 98 valence electrons. The Morgan fingerprint density at radius 1 is 1.56 bits per heavy atom. The minimum Gasteiger partial charge on any atom is -0.446 e. The Morgan fingerprint density at radius 3 is 2.94 bits per heavy atom. The first-order valence-corrected chi connectivity index (χ1v) is 6.44. The highest BCUT2D eigenvalue weighted by atomic mass is 35.5. The van der Waals surface area contributed by atoms with E-state index in [1.54, 1.807) is 11.0 Å². The number of aryl methyl sites for hydroxylation is 1. The maximum absolute atomic E-state index is 11.9. The lowest BCUT2D eigenvalue weighted by molar-refractivity contribution is 0.0807. The average molecular weight is 269 g/mol. The number of cyclic esters (lactones) is 1. The standard InChI is InChI=1S/C13H17ClN2O2/c1-9-2-3-10(8-12(9)14)16-7-5-11(4-6-15)18-13(16)17/h2-3,8,11H,4-7,15H2,1H3. The molecule has 0 spiro atoms. The van der Waals surface area contributed by atoms with Crippen molar-refractivity contribution in [3.05, 3.63) is 28.8 Å². The van der Waals surface area contributed by atoms with Gasteiger partial charge in [-0.2, -0.15) is 0 Å². The van der Waals surface area contributed by atoms with Crippen molar-refractivity contribution in [3.63, 3.8) is 0 Å². The van der Waals surface area contributed by atoms with Crippen molar-refractivity contribution < 1.29 is 9.53 Å². The Labute approximate surface area is 112 Å². The molecule has 0 aliphatic carbocycles. The van der Waals surface area contributed by atoms with Crippen LogP contribution in [0.3, 0.4) is 0 Å². The Balaban J connectivity index is 2.10. The number of rotatable bonds is 3. The zero-order valence-corrected chi connectivity index (χ0v) is 11.1. The van der Waals surface area contributed by atoms with Crippen LogP contribution < -0.4 is 10.6 Å². The first-order valence-electron chi connectivity index (χ1n) is 6.06. The molecule has 2 rings (SSSR count). The average Bonchev–Trinajstić information content (AvgIpc) is 2.34. The van der Waals surface area contributed by atoms with Gasteiger partial charge in [0.15, 0.2) is 0 Å². The van der Waals surface area contributed by atoms with Gasteiger partial charge in [0, 0.05) is 23.7 Å². The number of benzene rings is 1. The Bertz CT molecular complexity index is 451. The number of nitrogens with two attached hydrogens (primary N) is 1. The number of halogens is 1. The molecule has 4 nitrogen and oxygen atoms in total. The van der Waals surface area contributed by atoms with Crippen molar-refractivity contribution in [1.29, 1.82) is 0 Å². The van der Waals surface area contributed by atoms with Crippen LogP contribution in [0.5, 0.6) is 0 Å². The number of anilines is 1. The molecule has 1 atom stereocenters. The van der Waals surface area contributed by atoms with E-state index in [-0.39, 0.29) is 12.2 Å². The fourth-order valence-electron chi connectivity index (χ4n) is 2.00. The normalized spacial score (nSPS) is 19.8. The van der Waals surface area contributed by atoms with Gasteiger partial charge >= 0.3 is 6.09 Å². The monoisotopic (exact) mass is 268 g/mol. The molecule has 1 aromatic carbocycles. The molecule has 5 heteroatoms. The summed E-state index contributed by atoms with van der Waals surface area (Å²) < 4.78 is 5.33. The van der Waals surface area contributed by atoms with Gasteiger partial charge in [-0.3, -0.25) is 4.90 Å². The molecule has 0 bridgehead atoms. The molecule has 1 saturated heterocycles. The van der Waals surface area contributed by atoms with E-state index < -0.39 is 0 Å². The van der Waals surface area contributed by atoms with Gasteiger partial charge in [-0.05, 0) is 37.6 Å². The first-order chi connectivity index (χ1) is 8.61. The summed E-state index contributed by atoms with van der Waals surface area (Å²) in [5.74, 6) is 0. The van der Waals surface area contributed by atoms with Crippen LogP contribution in [-0.4, -0.2) is 25.3 Å². The molecule has 1 aliphatic rings. The van der Waals surface area contributed by atoms with Gasteiger partial charge in [0.1, 0.15) is 6.10 Å². The molecule has 1 aromatic rings. The molecule has 1 unspecified atom stereocenters. The highest BCUT2D eigenvalue weighted by Gasteiger charge is 2.27. The first kappa shape index (κ1) is 13.2. The van der Waals surface area contributed by atoms with E-state index in [0.717, 1.165) is 17.7 Å². The van der Waals surface area contributed by atoms with Crippen LogP contribution in [0.4, 0.5) is 10.5 Å². The third-order valence-corrected chi connectivity index (χ3v) is 3.53. The quantitative estimate of drug-likeness (QED) is 0.917. The third-order valence-electron chi connectivity index (χ3n) is 3.12. The fourth-order valence-corrected chi connectivity index (χ4v) is 2.18. The lowest BCUT2D eigenvalue weighted by atomic mass is 10.1. The largest absolute Gasteiger partial charge is 0.446 e. The second kappa shape index (κ2) is 5.59. The molecule has 1 heterocycles. The van der Waals surface area contributed by atoms with Crippen molar-refractivity contribution in [3.8, 4) is 0 Å². The molecule has 18 heavy (non-hydrogen) atoms. The summed E-state index contributed by atoms with van der Waals surface area (Å²) in [6.45, 7) is 3.11. The number of carbonyl (C=O) groups excluding carboxylic acids is 1. The predicted octanol–water partition coefficient (Wildman–Crippen LogP) is 2.71. The van der Waals surface area contributed by atoms with Crippen LogP contribution in [0.1, 0.15) is 18.4 Å². The van der Waals surface area contributed by atoms with Crippen molar-refractivity contribution in [1.82, 2.24) is 0 Å². The summed E-state index contributed by atoms with van der Waals surface area (Å²) >= 11 is 6.06. The van der Waals surface area contributed by atoms with Crippen LogP contribution in [0.15, 0.2) is 18.2 Å². The predicted molar refractivity (Wildman–Crippen MR) is 72.1 cm³/mol. The number of amides is 1. The summed E-state index contributed by atoms with van der Waals surface area (Å²) in [7, 11) is 0. The van der Waals surface area contributed by atoms with Gasteiger partial charge < -0.3 is 10.5 Å². The fraction of sp³-hybridized carbons (Fsp3) is 0.462. The van der Waals surface area contributed by atoms with Crippen LogP contribution in [0.2, 0.25) is 5.02 Å². The highest BCUT2D eigenvalue weighted by molar-refractivity contribution is 6.31. The molecule has 1 fully saturated rings. The molecule has 1 aliphatic heterocycles. The van der Waals surface area contributed by atoms with E-state index in [2.05, 4.69) is 0 Å². The summed E-state index contributed by atoms with van der Waals surface area (Å²) in [5.41, 5.74) is 7.24. The molecule has 1 amide bonds. The van der Waals surface area contributed by atoms with E-state index in [1.165, 1.54) is 0 Å². The van der Waals surface area contributed by atoms with Gasteiger partial charge in [0.05, 0.1) is 0 Å². The Hall–Kier alpha value is -1.26. The Kier molecular flexibility index (Phi) is 4.09. The van der Waals surface area contributed by atoms with Crippen molar-refractivity contribution in [2.75, 3.05) is 18.0 Å². The lowest BCUT2D eigenvalue weighted by Crippen LogP contribution is -2.42. The maximum atomic E-state index is 11.9. The minimum atomic E-state index is -0.320. The summed E-state index contributed by atoms with van der Waals surface area (Å²) in [6, 6.07) is 5.57. The van der Waals surface area contributed by atoms with Crippen molar-refractivity contribution in [2.45, 2.75) is 25.9 Å². The molecule has 0 saturated carbocycles. The van der Waals surface area contributed by atoms with E-state index in [4.69, 9.17) is 22.1 Å². The molecule has 0 radical (unpaired) electrons. The molecular weight excluding hydrogens is 252 g/mol. The molecule has 0 aromatic heterocycles.